The molecule has 0 aromatic heterocycles. The minimum Gasteiger partial charge on any atom is -0.324 e. The molecule has 0 atom stereocenters. The molecule has 0 heterocycles. The van der Waals surface area contributed by atoms with E-state index in [4.69, 9.17) is 5.84 Å². The second kappa shape index (κ2) is 4.05. The number of anilines is 1. The van der Waals surface area contributed by atoms with Crippen LogP contribution in [0.25, 0.3) is 0 Å². The van der Waals surface area contributed by atoms with Gasteiger partial charge in [-0.15, -0.1) is 0 Å². The first-order valence-corrected chi connectivity index (χ1v) is 4.25. The van der Waals surface area contributed by atoms with Gasteiger partial charge in [-0.25, -0.2) is 4.39 Å². The molecule has 0 amide bonds. The van der Waals surface area contributed by atoms with Crippen LogP contribution in [0.2, 0.25) is 0 Å². The molecular weight excluding hydrogens is 220 g/mol. The van der Waals surface area contributed by atoms with Gasteiger partial charge in [-0.3, -0.25) is 5.84 Å². The van der Waals surface area contributed by atoms with Gasteiger partial charge in [-0.05, 0) is 30.0 Å². The van der Waals surface area contributed by atoms with Gasteiger partial charge in [0.25, 0.3) is 0 Å². The van der Waals surface area contributed by atoms with Gasteiger partial charge < -0.3 is 5.43 Å². The Morgan fingerprint density at radius 3 is 2.36 bits per heavy atom. The number of hydrogen-bond donors (Lipinski definition) is 2. The van der Waals surface area contributed by atoms with Gasteiger partial charge in [-0.1, -0.05) is 0 Å². The molecule has 0 aliphatic rings. The van der Waals surface area contributed by atoms with Crippen LogP contribution in [0.5, 0.6) is 0 Å². The molecule has 0 spiro atoms. The predicted molar refractivity (Wildman–Crippen MR) is 46.1 cm³/mol. The lowest BCUT2D eigenvalue weighted by molar-refractivity contribution is -0.0328. The molecule has 1 aromatic carbocycles. The van der Waals surface area contributed by atoms with Crippen molar-refractivity contribution in [3.63, 3.8) is 0 Å². The summed E-state index contributed by atoms with van der Waals surface area (Å²) < 4.78 is 48.4. The van der Waals surface area contributed by atoms with E-state index in [0.717, 1.165) is 18.2 Å². The number of rotatable bonds is 2. The number of halogens is 4. The first kappa shape index (κ1) is 11.1. The van der Waals surface area contributed by atoms with E-state index in [1.165, 1.54) is 0 Å². The van der Waals surface area contributed by atoms with Gasteiger partial charge in [-0.2, -0.15) is 13.2 Å². The normalized spacial score (nSPS) is 11.5. The van der Waals surface area contributed by atoms with Crippen molar-refractivity contribution in [3.8, 4) is 0 Å². The van der Waals surface area contributed by atoms with Crippen LogP contribution in [0, 0.1) is 5.82 Å². The Morgan fingerprint density at radius 1 is 1.21 bits per heavy atom. The van der Waals surface area contributed by atoms with Gasteiger partial charge in [0.2, 0.25) is 0 Å². The molecule has 0 radical (unpaired) electrons. The van der Waals surface area contributed by atoms with E-state index in [0.29, 0.717) is 0 Å². The fourth-order valence-corrected chi connectivity index (χ4v) is 1.46. The maximum atomic E-state index is 12.7. The highest BCUT2D eigenvalue weighted by molar-refractivity contribution is 8.00. The molecule has 0 saturated carbocycles. The van der Waals surface area contributed by atoms with Gasteiger partial charge >= 0.3 is 5.51 Å². The van der Waals surface area contributed by atoms with E-state index in [1.807, 2.05) is 0 Å². The topological polar surface area (TPSA) is 38.0 Å². The molecule has 0 saturated heterocycles. The van der Waals surface area contributed by atoms with E-state index >= 15 is 0 Å². The molecule has 7 heteroatoms. The summed E-state index contributed by atoms with van der Waals surface area (Å²) in [5.74, 6) is 4.17. The zero-order chi connectivity index (χ0) is 10.8. The van der Waals surface area contributed by atoms with E-state index in [2.05, 4.69) is 5.43 Å². The SMILES string of the molecule is NNc1cc(F)cc(SC(F)(F)F)c1. The Hall–Kier alpha value is -0.950. The summed E-state index contributed by atoms with van der Waals surface area (Å²) in [4.78, 5) is -0.245. The van der Waals surface area contributed by atoms with Crippen molar-refractivity contribution in [2.24, 2.45) is 5.84 Å². The second-order valence-corrected chi connectivity index (χ2v) is 3.51. The van der Waals surface area contributed by atoms with Gasteiger partial charge in [0.1, 0.15) is 5.82 Å². The fraction of sp³-hybridized carbons (Fsp3) is 0.143. The van der Waals surface area contributed by atoms with Gasteiger partial charge in [0.05, 0.1) is 5.69 Å². The smallest absolute Gasteiger partial charge is 0.324 e. The van der Waals surface area contributed by atoms with Crippen LogP contribution in [0.1, 0.15) is 0 Å². The quantitative estimate of drug-likeness (QED) is 0.352. The molecule has 0 aliphatic carbocycles. The highest BCUT2D eigenvalue weighted by atomic mass is 32.2. The molecule has 1 aromatic rings. The number of benzene rings is 1. The first-order chi connectivity index (χ1) is 6.40. The maximum Gasteiger partial charge on any atom is 0.446 e. The number of nitrogens with two attached hydrogens (primary N) is 1. The third-order valence-corrected chi connectivity index (χ3v) is 1.97. The molecule has 0 fully saturated rings. The van der Waals surface area contributed by atoms with Crippen LogP contribution < -0.4 is 11.3 Å². The lowest BCUT2D eigenvalue weighted by Crippen LogP contribution is -2.07. The Balaban J connectivity index is 2.92. The Morgan fingerprint density at radius 2 is 1.86 bits per heavy atom. The standard InChI is InChI=1S/C7H6F4N2S/c8-4-1-5(13-12)3-6(2-4)14-7(9,10)11/h1-3,13H,12H2. The van der Waals surface area contributed by atoms with Crippen LogP contribution in [-0.4, -0.2) is 5.51 Å². The summed E-state index contributed by atoms with van der Waals surface area (Å²) in [5.41, 5.74) is -2.26. The number of nitrogen functional groups attached to an aromatic ring is 1. The van der Waals surface area contributed by atoms with Crippen LogP contribution in [0.3, 0.4) is 0 Å². The van der Waals surface area contributed by atoms with Gasteiger partial charge in [0.15, 0.2) is 0 Å². The molecular formula is C7H6F4N2S. The van der Waals surface area contributed by atoms with Crippen molar-refractivity contribution < 1.29 is 17.6 Å². The summed E-state index contributed by atoms with van der Waals surface area (Å²) in [6, 6.07) is 2.90. The summed E-state index contributed by atoms with van der Waals surface area (Å²) >= 11 is -0.391. The minimum absolute atomic E-state index is 0.0942. The minimum atomic E-state index is -4.43. The molecule has 0 unspecified atom stereocenters. The van der Waals surface area contributed by atoms with Crippen molar-refractivity contribution in [2.75, 3.05) is 5.43 Å². The summed E-state index contributed by atoms with van der Waals surface area (Å²) in [6.07, 6.45) is 0. The average Bonchev–Trinajstić information content (AvgIpc) is 1.99. The van der Waals surface area contributed by atoms with Crippen molar-refractivity contribution in [1.29, 1.82) is 0 Å². The predicted octanol–water partition coefficient (Wildman–Crippen LogP) is 2.72. The molecule has 0 aliphatic heterocycles. The van der Waals surface area contributed by atoms with Crippen LogP contribution >= 0.6 is 11.8 Å². The number of thioether (sulfide) groups is 1. The van der Waals surface area contributed by atoms with E-state index in [-0.39, 0.29) is 10.6 Å². The number of hydrogen-bond acceptors (Lipinski definition) is 3. The lowest BCUT2D eigenvalue weighted by atomic mass is 10.3. The zero-order valence-electron chi connectivity index (χ0n) is 6.73. The summed E-state index contributed by atoms with van der Waals surface area (Å²) in [5, 5.41) is 0. The van der Waals surface area contributed by atoms with Gasteiger partial charge in [0, 0.05) is 4.90 Å². The monoisotopic (exact) mass is 226 g/mol. The van der Waals surface area contributed by atoms with Crippen LogP contribution in [0.4, 0.5) is 23.2 Å². The first-order valence-electron chi connectivity index (χ1n) is 3.43. The lowest BCUT2D eigenvalue weighted by Gasteiger charge is -2.07. The highest BCUT2D eigenvalue weighted by Gasteiger charge is 2.29. The summed E-state index contributed by atoms with van der Waals surface area (Å²) in [6.45, 7) is 0. The summed E-state index contributed by atoms with van der Waals surface area (Å²) in [7, 11) is 0. The molecule has 3 N–H and O–H groups in total. The molecule has 14 heavy (non-hydrogen) atoms. The maximum absolute atomic E-state index is 12.7. The van der Waals surface area contributed by atoms with Crippen LogP contribution in [0.15, 0.2) is 23.1 Å². The molecule has 78 valence electrons. The highest BCUT2D eigenvalue weighted by Crippen LogP contribution is 2.37. The van der Waals surface area contributed by atoms with Crippen molar-refractivity contribution in [3.05, 3.63) is 24.0 Å². The molecule has 1 rings (SSSR count). The Labute approximate surface area is 81.4 Å². The Kier molecular flexibility index (Phi) is 3.22. The Bertz CT molecular complexity index is 326. The van der Waals surface area contributed by atoms with Crippen LogP contribution in [-0.2, 0) is 0 Å². The molecule has 0 bridgehead atoms. The fourth-order valence-electron chi connectivity index (χ4n) is 0.839. The second-order valence-electron chi connectivity index (χ2n) is 2.37. The number of nitrogens with one attached hydrogen (secondary N) is 1. The zero-order valence-corrected chi connectivity index (χ0v) is 7.55. The number of hydrazine groups is 1. The van der Waals surface area contributed by atoms with Crippen molar-refractivity contribution in [1.82, 2.24) is 0 Å². The van der Waals surface area contributed by atoms with Crippen molar-refractivity contribution >= 4 is 17.4 Å². The molecule has 2 nitrogen and oxygen atoms in total. The third-order valence-electron chi connectivity index (χ3n) is 1.27. The van der Waals surface area contributed by atoms with E-state index in [9.17, 15) is 17.6 Å². The average molecular weight is 226 g/mol. The largest absolute Gasteiger partial charge is 0.446 e. The van der Waals surface area contributed by atoms with E-state index < -0.39 is 23.1 Å². The third kappa shape index (κ3) is 3.43. The van der Waals surface area contributed by atoms with Crippen molar-refractivity contribution in [2.45, 2.75) is 10.4 Å². The van der Waals surface area contributed by atoms with E-state index in [1.54, 1.807) is 0 Å². The number of alkyl halides is 3.